The number of hydrogen-bond donors (Lipinski definition) is 0. The van der Waals surface area contributed by atoms with E-state index in [1.54, 1.807) is 0 Å². The maximum absolute atomic E-state index is 8.63. The van der Waals surface area contributed by atoms with Crippen LogP contribution < -0.4 is 0 Å². The molecule has 1 aromatic heterocycles. The van der Waals surface area contributed by atoms with Gasteiger partial charge < -0.3 is 0 Å². The summed E-state index contributed by atoms with van der Waals surface area (Å²) in [5.41, 5.74) is 1.21. The Balaban J connectivity index is 2.52. The van der Waals surface area contributed by atoms with Gasteiger partial charge in [-0.2, -0.15) is 10.4 Å². The fourth-order valence-electron chi connectivity index (χ4n) is 1.77. The van der Waals surface area contributed by atoms with Crippen molar-refractivity contribution in [2.75, 3.05) is 13.1 Å². The lowest BCUT2D eigenvalue weighted by atomic mass is 10.2. The van der Waals surface area contributed by atoms with Crippen LogP contribution >= 0.6 is 0 Å². The number of aromatic nitrogens is 2. The topological polar surface area (TPSA) is 44.9 Å². The van der Waals surface area contributed by atoms with Crippen molar-refractivity contribution in [1.29, 1.82) is 5.26 Å². The molecule has 0 aliphatic heterocycles. The van der Waals surface area contributed by atoms with E-state index in [0.29, 0.717) is 12.3 Å². The van der Waals surface area contributed by atoms with Crippen LogP contribution in [0.5, 0.6) is 0 Å². The van der Waals surface area contributed by atoms with Crippen LogP contribution in [-0.4, -0.2) is 27.8 Å². The Labute approximate surface area is 97.5 Å². The highest BCUT2D eigenvalue weighted by molar-refractivity contribution is 5.03. The first-order valence-corrected chi connectivity index (χ1v) is 5.68. The minimum atomic E-state index is 0.590. The SMILES string of the molecule is CC(C)CN(CCC#N)Cc1cnn(C)c1. The normalized spacial score (nSPS) is 11.0. The van der Waals surface area contributed by atoms with Crippen LogP contribution in [0.15, 0.2) is 12.4 Å². The molecular formula is C12H20N4. The molecule has 16 heavy (non-hydrogen) atoms. The maximum Gasteiger partial charge on any atom is 0.0635 e. The van der Waals surface area contributed by atoms with Crippen LogP contribution in [-0.2, 0) is 13.6 Å². The summed E-state index contributed by atoms with van der Waals surface area (Å²) < 4.78 is 1.81. The number of rotatable bonds is 6. The van der Waals surface area contributed by atoms with E-state index in [2.05, 4.69) is 29.9 Å². The smallest absolute Gasteiger partial charge is 0.0635 e. The quantitative estimate of drug-likeness (QED) is 0.734. The van der Waals surface area contributed by atoms with Crippen molar-refractivity contribution in [3.8, 4) is 6.07 Å². The van der Waals surface area contributed by atoms with Crippen molar-refractivity contribution < 1.29 is 0 Å². The number of hydrogen-bond acceptors (Lipinski definition) is 3. The van der Waals surface area contributed by atoms with Crippen molar-refractivity contribution in [2.24, 2.45) is 13.0 Å². The fraction of sp³-hybridized carbons (Fsp3) is 0.667. The van der Waals surface area contributed by atoms with Crippen LogP contribution in [0, 0.1) is 17.2 Å². The van der Waals surface area contributed by atoms with Crippen LogP contribution in [0.2, 0.25) is 0 Å². The summed E-state index contributed by atoms with van der Waals surface area (Å²) in [7, 11) is 1.92. The average molecular weight is 220 g/mol. The molecule has 0 saturated heterocycles. The molecule has 0 aliphatic rings. The Morgan fingerprint density at radius 1 is 1.56 bits per heavy atom. The van der Waals surface area contributed by atoms with Gasteiger partial charge in [0.2, 0.25) is 0 Å². The van der Waals surface area contributed by atoms with E-state index in [1.807, 2.05) is 24.1 Å². The summed E-state index contributed by atoms with van der Waals surface area (Å²) in [6, 6.07) is 2.20. The molecule has 0 radical (unpaired) electrons. The molecule has 0 N–H and O–H groups in total. The molecule has 0 saturated carbocycles. The lowest BCUT2D eigenvalue weighted by molar-refractivity contribution is 0.241. The molecule has 1 heterocycles. The van der Waals surface area contributed by atoms with E-state index in [1.165, 1.54) is 5.56 Å². The van der Waals surface area contributed by atoms with E-state index in [-0.39, 0.29) is 0 Å². The second-order valence-corrected chi connectivity index (χ2v) is 4.56. The highest BCUT2D eigenvalue weighted by Crippen LogP contribution is 2.07. The molecule has 0 atom stereocenters. The average Bonchev–Trinajstić information content (AvgIpc) is 2.59. The molecule has 0 unspecified atom stereocenters. The Kier molecular flexibility index (Phi) is 5.00. The summed E-state index contributed by atoms with van der Waals surface area (Å²) in [6.07, 6.45) is 4.51. The van der Waals surface area contributed by atoms with Gasteiger partial charge in [-0.05, 0) is 5.92 Å². The molecule has 0 aliphatic carbocycles. The summed E-state index contributed by atoms with van der Waals surface area (Å²) in [6.45, 7) is 7.14. The van der Waals surface area contributed by atoms with Crippen molar-refractivity contribution in [1.82, 2.24) is 14.7 Å². The zero-order chi connectivity index (χ0) is 12.0. The van der Waals surface area contributed by atoms with Gasteiger partial charge in [-0.3, -0.25) is 9.58 Å². The van der Waals surface area contributed by atoms with E-state index in [9.17, 15) is 0 Å². The Hall–Kier alpha value is -1.34. The van der Waals surface area contributed by atoms with Crippen LogP contribution in [0.1, 0.15) is 25.8 Å². The zero-order valence-electron chi connectivity index (χ0n) is 10.3. The third-order valence-electron chi connectivity index (χ3n) is 2.33. The van der Waals surface area contributed by atoms with E-state index in [0.717, 1.165) is 19.6 Å². The molecule has 4 nitrogen and oxygen atoms in total. The summed E-state index contributed by atoms with van der Waals surface area (Å²) >= 11 is 0. The first-order chi connectivity index (χ1) is 7.61. The van der Waals surface area contributed by atoms with Gasteiger partial charge in [-0.15, -0.1) is 0 Å². The van der Waals surface area contributed by atoms with Gasteiger partial charge in [-0.1, -0.05) is 13.8 Å². The molecule has 0 aromatic carbocycles. The summed E-state index contributed by atoms with van der Waals surface area (Å²) in [4.78, 5) is 2.31. The Bertz CT molecular complexity index is 348. The van der Waals surface area contributed by atoms with Gasteiger partial charge in [0.15, 0.2) is 0 Å². The largest absolute Gasteiger partial charge is 0.298 e. The third kappa shape index (κ3) is 4.45. The van der Waals surface area contributed by atoms with Crippen LogP contribution in [0.4, 0.5) is 0 Å². The van der Waals surface area contributed by atoms with Gasteiger partial charge in [0, 0.05) is 44.9 Å². The highest BCUT2D eigenvalue weighted by Gasteiger charge is 2.08. The second-order valence-electron chi connectivity index (χ2n) is 4.56. The second kappa shape index (κ2) is 6.29. The van der Waals surface area contributed by atoms with E-state index < -0.39 is 0 Å². The van der Waals surface area contributed by atoms with Gasteiger partial charge in [0.25, 0.3) is 0 Å². The van der Waals surface area contributed by atoms with Gasteiger partial charge >= 0.3 is 0 Å². The lowest BCUT2D eigenvalue weighted by Gasteiger charge is -2.22. The van der Waals surface area contributed by atoms with Crippen molar-refractivity contribution in [3.63, 3.8) is 0 Å². The highest BCUT2D eigenvalue weighted by atomic mass is 15.2. The zero-order valence-corrected chi connectivity index (χ0v) is 10.3. The minimum absolute atomic E-state index is 0.590. The molecule has 1 rings (SSSR count). The van der Waals surface area contributed by atoms with Crippen molar-refractivity contribution >= 4 is 0 Å². The van der Waals surface area contributed by atoms with Gasteiger partial charge in [0.05, 0.1) is 12.3 Å². The predicted octanol–water partition coefficient (Wildman–Crippen LogP) is 1.79. The van der Waals surface area contributed by atoms with Crippen molar-refractivity contribution in [2.45, 2.75) is 26.8 Å². The first kappa shape index (κ1) is 12.7. The molecule has 88 valence electrons. The van der Waals surface area contributed by atoms with Gasteiger partial charge in [0.1, 0.15) is 0 Å². The monoisotopic (exact) mass is 220 g/mol. The number of aryl methyl sites for hydroxylation is 1. The lowest BCUT2D eigenvalue weighted by Crippen LogP contribution is -2.28. The standard InChI is InChI=1S/C12H20N4/c1-11(2)8-16(6-4-5-13)10-12-7-14-15(3)9-12/h7,9,11H,4,6,8,10H2,1-3H3. The minimum Gasteiger partial charge on any atom is -0.298 e. The molecule has 0 spiro atoms. The summed E-state index contributed by atoms with van der Waals surface area (Å²) in [5.74, 6) is 0.621. The third-order valence-corrected chi connectivity index (χ3v) is 2.33. The molecule has 0 fully saturated rings. The van der Waals surface area contributed by atoms with Crippen LogP contribution in [0.3, 0.4) is 0 Å². The fourth-order valence-corrected chi connectivity index (χ4v) is 1.77. The van der Waals surface area contributed by atoms with Gasteiger partial charge in [-0.25, -0.2) is 0 Å². The first-order valence-electron chi connectivity index (χ1n) is 5.68. The van der Waals surface area contributed by atoms with Crippen molar-refractivity contribution in [3.05, 3.63) is 18.0 Å². The molecular weight excluding hydrogens is 200 g/mol. The summed E-state index contributed by atoms with van der Waals surface area (Å²) in [5, 5.41) is 12.8. The molecule has 1 aromatic rings. The van der Waals surface area contributed by atoms with Crippen LogP contribution in [0.25, 0.3) is 0 Å². The van der Waals surface area contributed by atoms with E-state index in [4.69, 9.17) is 5.26 Å². The molecule has 0 bridgehead atoms. The number of nitrogens with zero attached hydrogens (tertiary/aromatic N) is 4. The molecule has 4 heteroatoms. The predicted molar refractivity (Wildman–Crippen MR) is 63.6 cm³/mol. The van der Waals surface area contributed by atoms with E-state index >= 15 is 0 Å². The Morgan fingerprint density at radius 2 is 2.31 bits per heavy atom. The Morgan fingerprint density at radius 3 is 2.81 bits per heavy atom. The maximum atomic E-state index is 8.63. The number of nitriles is 1. The molecule has 0 amide bonds.